The van der Waals surface area contributed by atoms with E-state index in [9.17, 15) is 9.59 Å². The van der Waals surface area contributed by atoms with Gasteiger partial charge in [0, 0.05) is 29.9 Å². The lowest BCUT2D eigenvalue weighted by atomic mass is 10.2. The quantitative estimate of drug-likeness (QED) is 0.587. The van der Waals surface area contributed by atoms with Crippen LogP contribution in [0.15, 0.2) is 60.7 Å². The molecule has 2 amide bonds. The predicted octanol–water partition coefficient (Wildman–Crippen LogP) is 3.95. The third kappa shape index (κ3) is 5.52. The zero-order valence-corrected chi connectivity index (χ0v) is 15.8. The number of anilines is 3. The molecule has 0 saturated heterocycles. The molecule has 0 aliphatic heterocycles. The van der Waals surface area contributed by atoms with Gasteiger partial charge in [-0.1, -0.05) is 23.7 Å². The van der Waals surface area contributed by atoms with Crippen molar-refractivity contribution < 1.29 is 9.59 Å². The standard InChI is InChI=1S/C20H18ClN5O2/c1-13(27)23-16-6-8-17(9-7-16)24-20(28)18-10-11-19(26-25-18)22-12-14-2-4-15(21)5-3-14/h2-11H,12H2,1H3,(H,22,26)(H,23,27)(H,24,28). The molecule has 142 valence electrons. The minimum Gasteiger partial charge on any atom is -0.365 e. The van der Waals surface area contributed by atoms with E-state index >= 15 is 0 Å². The molecule has 0 radical (unpaired) electrons. The van der Waals surface area contributed by atoms with E-state index in [0.29, 0.717) is 28.8 Å². The average molecular weight is 396 g/mol. The highest BCUT2D eigenvalue weighted by molar-refractivity contribution is 6.30. The Labute approximate surface area is 167 Å². The summed E-state index contributed by atoms with van der Waals surface area (Å²) in [6.45, 7) is 2.00. The van der Waals surface area contributed by atoms with E-state index in [4.69, 9.17) is 11.6 Å². The molecule has 3 rings (SSSR count). The molecule has 1 aromatic heterocycles. The third-order valence-corrected chi connectivity index (χ3v) is 4.00. The van der Waals surface area contributed by atoms with E-state index in [1.54, 1.807) is 36.4 Å². The normalized spacial score (nSPS) is 10.2. The maximum absolute atomic E-state index is 12.3. The van der Waals surface area contributed by atoms with Crippen LogP contribution in [0, 0.1) is 0 Å². The van der Waals surface area contributed by atoms with Crippen LogP contribution >= 0.6 is 11.6 Å². The van der Waals surface area contributed by atoms with Crippen molar-refractivity contribution in [2.75, 3.05) is 16.0 Å². The number of carbonyl (C=O) groups is 2. The Morgan fingerprint density at radius 1 is 0.857 bits per heavy atom. The van der Waals surface area contributed by atoms with Crippen LogP contribution in [0.1, 0.15) is 23.0 Å². The van der Waals surface area contributed by atoms with Gasteiger partial charge in [-0.05, 0) is 54.1 Å². The highest BCUT2D eigenvalue weighted by atomic mass is 35.5. The molecule has 0 bridgehead atoms. The fourth-order valence-electron chi connectivity index (χ4n) is 2.38. The number of aromatic nitrogens is 2. The Hall–Kier alpha value is -3.45. The summed E-state index contributed by atoms with van der Waals surface area (Å²) in [5, 5.41) is 17.2. The molecule has 0 aliphatic carbocycles. The number of halogens is 1. The zero-order chi connectivity index (χ0) is 19.9. The van der Waals surface area contributed by atoms with Gasteiger partial charge in [0.2, 0.25) is 5.91 Å². The van der Waals surface area contributed by atoms with Crippen molar-refractivity contribution in [3.63, 3.8) is 0 Å². The van der Waals surface area contributed by atoms with Crippen LogP contribution in [0.5, 0.6) is 0 Å². The van der Waals surface area contributed by atoms with Crippen LogP contribution in [0.3, 0.4) is 0 Å². The summed E-state index contributed by atoms with van der Waals surface area (Å²) < 4.78 is 0. The first-order valence-electron chi connectivity index (χ1n) is 8.50. The number of amides is 2. The molecule has 2 aromatic carbocycles. The Kier molecular flexibility index (Phi) is 6.18. The topological polar surface area (TPSA) is 96.0 Å². The van der Waals surface area contributed by atoms with Crippen molar-refractivity contribution in [1.29, 1.82) is 0 Å². The smallest absolute Gasteiger partial charge is 0.276 e. The largest absolute Gasteiger partial charge is 0.365 e. The van der Waals surface area contributed by atoms with Crippen molar-refractivity contribution >= 4 is 40.6 Å². The molecule has 8 heteroatoms. The van der Waals surface area contributed by atoms with Crippen molar-refractivity contribution in [2.45, 2.75) is 13.5 Å². The van der Waals surface area contributed by atoms with E-state index in [2.05, 4.69) is 26.1 Å². The van der Waals surface area contributed by atoms with Gasteiger partial charge in [-0.2, -0.15) is 0 Å². The third-order valence-electron chi connectivity index (χ3n) is 3.75. The van der Waals surface area contributed by atoms with Gasteiger partial charge in [-0.25, -0.2) is 0 Å². The lowest BCUT2D eigenvalue weighted by Crippen LogP contribution is -2.15. The number of carbonyl (C=O) groups excluding carboxylic acids is 2. The summed E-state index contributed by atoms with van der Waals surface area (Å²) in [7, 11) is 0. The lowest BCUT2D eigenvalue weighted by Gasteiger charge is -2.08. The van der Waals surface area contributed by atoms with Crippen LogP contribution in [-0.2, 0) is 11.3 Å². The van der Waals surface area contributed by atoms with Gasteiger partial charge in [-0.3, -0.25) is 9.59 Å². The monoisotopic (exact) mass is 395 g/mol. The van der Waals surface area contributed by atoms with E-state index in [0.717, 1.165) is 5.56 Å². The summed E-state index contributed by atoms with van der Waals surface area (Å²) in [6, 6.07) is 17.6. The van der Waals surface area contributed by atoms with Gasteiger partial charge in [0.05, 0.1) is 0 Å². The van der Waals surface area contributed by atoms with Crippen LogP contribution in [0.4, 0.5) is 17.2 Å². The Morgan fingerprint density at radius 3 is 2.07 bits per heavy atom. The molecule has 1 heterocycles. The van der Waals surface area contributed by atoms with Crippen LogP contribution in [-0.4, -0.2) is 22.0 Å². The molecule has 7 nitrogen and oxygen atoms in total. The van der Waals surface area contributed by atoms with Crippen LogP contribution in [0.25, 0.3) is 0 Å². The van der Waals surface area contributed by atoms with E-state index < -0.39 is 0 Å². The fraction of sp³-hybridized carbons (Fsp3) is 0.100. The Balaban J connectivity index is 1.55. The first-order chi connectivity index (χ1) is 13.5. The summed E-state index contributed by atoms with van der Waals surface area (Å²) in [5.74, 6) is 0.0343. The summed E-state index contributed by atoms with van der Waals surface area (Å²) in [5.41, 5.74) is 2.49. The Morgan fingerprint density at radius 2 is 1.50 bits per heavy atom. The van der Waals surface area contributed by atoms with Gasteiger partial charge >= 0.3 is 0 Å². The van der Waals surface area contributed by atoms with Crippen LogP contribution < -0.4 is 16.0 Å². The predicted molar refractivity (Wildman–Crippen MR) is 110 cm³/mol. The molecule has 3 aromatic rings. The van der Waals surface area contributed by atoms with Crippen molar-refractivity contribution in [3.05, 3.63) is 76.9 Å². The molecular formula is C20H18ClN5O2. The van der Waals surface area contributed by atoms with E-state index in [-0.39, 0.29) is 17.5 Å². The molecule has 0 unspecified atom stereocenters. The molecule has 0 spiro atoms. The number of nitrogens with one attached hydrogen (secondary N) is 3. The maximum atomic E-state index is 12.3. The van der Waals surface area contributed by atoms with Gasteiger partial charge in [0.15, 0.2) is 5.69 Å². The number of nitrogens with zero attached hydrogens (tertiary/aromatic N) is 2. The molecular weight excluding hydrogens is 378 g/mol. The van der Waals surface area contributed by atoms with Crippen molar-refractivity contribution in [3.8, 4) is 0 Å². The molecule has 0 fully saturated rings. The molecule has 0 aliphatic rings. The Bertz CT molecular complexity index is 957. The summed E-state index contributed by atoms with van der Waals surface area (Å²) in [6.07, 6.45) is 0. The summed E-state index contributed by atoms with van der Waals surface area (Å²) in [4.78, 5) is 23.3. The molecule has 3 N–H and O–H groups in total. The fourth-order valence-corrected chi connectivity index (χ4v) is 2.50. The molecule has 28 heavy (non-hydrogen) atoms. The number of hydrogen-bond acceptors (Lipinski definition) is 5. The average Bonchev–Trinajstić information content (AvgIpc) is 2.69. The van der Waals surface area contributed by atoms with E-state index in [1.165, 1.54) is 6.92 Å². The summed E-state index contributed by atoms with van der Waals surface area (Å²) >= 11 is 5.86. The molecule has 0 saturated carbocycles. The number of benzene rings is 2. The highest BCUT2D eigenvalue weighted by Gasteiger charge is 2.09. The van der Waals surface area contributed by atoms with Crippen LogP contribution in [0.2, 0.25) is 5.02 Å². The van der Waals surface area contributed by atoms with Gasteiger partial charge in [0.25, 0.3) is 5.91 Å². The van der Waals surface area contributed by atoms with Crippen molar-refractivity contribution in [2.24, 2.45) is 0 Å². The SMILES string of the molecule is CC(=O)Nc1ccc(NC(=O)c2ccc(NCc3ccc(Cl)cc3)nn2)cc1. The van der Waals surface area contributed by atoms with Gasteiger partial charge in [-0.15, -0.1) is 10.2 Å². The molecule has 0 atom stereocenters. The van der Waals surface area contributed by atoms with Gasteiger partial charge < -0.3 is 16.0 Å². The number of rotatable bonds is 6. The lowest BCUT2D eigenvalue weighted by molar-refractivity contribution is -0.114. The first kappa shape index (κ1) is 19.3. The minimum absolute atomic E-state index is 0.156. The zero-order valence-electron chi connectivity index (χ0n) is 15.1. The highest BCUT2D eigenvalue weighted by Crippen LogP contribution is 2.15. The second kappa shape index (κ2) is 8.96. The maximum Gasteiger partial charge on any atom is 0.276 e. The second-order valence-corrected chi connectivity index (χ2v) is 6.43. The first-order valence-corrected chi connectivity index (χ1v) is 8.88. The van der Waals surface area contributed by atoms with Crippen molar-refractivity contribution in [1.82, 2.24) is 10.2 Å². The second-order valence-electron chi connectivity index (χ2n) is 6.00. The van der Waals surface area contributed by atoms with E-state index in [1.807, 2.05) is 24.3 Å². The minimum atomic E-state index is -0.371. The van der Waals surface area contributed by atoms with Gasteiger partial charge in [0.1, 0.15) is 5.82 Å². The number of hydrogen-bond donors (Lipinski definition) is 3.